The van der Waals surface area contributed by atoms with Gasteiger partial charge in [-0.1, -0.05) is 68.5 Å². The fraction of sp³-hybridized carbons (Fsp3) is 0.462. The van der Waals surface area contributed by atoms with E-state index in [0.29, 0.717) is 24.3 Å². The molecule has 0 N–H and O–H groups in total. The normalized spacial score (nSPS) is 24.7. The Morgan fingerprint density at radius 1 is 0.700 bits per heavy atom. The highest BCUT2D eigenvalue weighted by molar-refractivity contribution is 5.88. The maximum absolute atomic E-state index is 13.7. The van der Waals surface area contributed by atoms with Crippen LogP contribution < -0.4 is 9.47 Å². The van der Waals surface area contributed by atoms with Crippen molar-refractivity contribution in [3.05, 3.63) is 60.7 Å². The summed E-state index contributed by atoms with van der Waals surface area (Å²) in [7, 11) is 0. The van der Waals surface area contributed by atoms with Gasteiger partial charge in [0.05, 0.1) is 11.3 Å². The SMILES string of the molecule is O=C(Oc1ccccc1)C1CCCCC1(C(=O)Oc1ccccc1)C1CCCCC1. The third kappa shape index (κ3) is 4.28. The molecule has 2 fully saturated rings. The molecule has 158 valence electrons. The van der Waals surface area contributed by atoms with E-state index >= 15 is 0 Å². The molecule has 2 saturated carbocycles. The van der Waals surface area contributed by atoms with Crippen LogP contribution in [0.1, 0.15) is 57.8 Å². The van der Waals surface area contributed by atoms with Gasteiger partial charge in [0.2, 0.25) is 0 Å². The number of benzene rings is 2. The third-order valence-electron chi connectivity index (χ3n) is 6.87. The monoisotopic (exact) mass is 406 g/mol. The number of carbonyl (C=O) groups excluding carboxylic acids is 2. The molecular weight excluding hydrogens is 376 g/mol. The molecule has 4 heteroatoms. The zero-order valence-electron chi connectivity index (χ0n) is 17.4. The molecule has 4 nitrogen and oxygen atoms in total. The highest BCUT2D eigenvalue weighted by Crippen LogP contribution is 2.53. The molecule has 30 heavy (non-hydrogen) atoms. The number of carbonyl (C=O) groups is 2. The summed E-state index contributed by atoms with van der Waals surface area (Å²) in [6.45, 7) is 0. The predicted octanol–water partition coefficient (Wildman–Crippen LogP) is 5.95. The molecule has 0 aromatic heterocycles. The molecule has 2 atom stereocenters. The van der Waals surface area contributed by atoms with Crippen molar-refractivity contribution in [3.63, 3.8) is 0 Å². The lowest BCUT2D eigenvalue weighted by atomic mass is 9.56. The van der Waals surface area contributed by atoms with Crippen molar-refractivity contribution in [1.82, 2.24) is 0 Å². The summed E-state index contributed by atoms with van der Waals surface area (Å²) in [4.78, 5) is 27.1. The molecule has 2 aliphatic carbocycles. The minimum atomic E-state index is -0.805. The molecule has 2 aromatic carbocycles. The number of para-hydroxylation sites is 2. The summed E-state index contributed by atoms with van der Waals surface area (Å²) >= 11 is 0. The Morgan fingerprint density at radius 2 is 1.27 bits per heavy atom. The molecule has 0 aliphatic heterocycles. The molecule has 0 saturated heterocycles. The van der Waals surface area contributed by atoms with Crippen LogP contribution in [0.25, 0.3) is 0 Å². The first kappa shape index (κ1) is 20.6. The lowest BCUT2D eigenvalue weighted by molar-refractivity contribution is -0.169. The number of rotatable bonds is 5. The van der Waals surface area contributed by atoms with Crippen molar-refractivity contribution in [3.8, 4) is 11.5 Å². The summed E-state index contributed by atoms with van der Waals surface area (Å²) in [5, 5.41) is 0. The fourth-order valence-corrected chi connectivity index (χ4v) is 5.41. The molecule has 0 heterocycles. The van der Waals surface area contributed by atoms with Gasteiger partial charge in [-0.2, -0.15) is 0 Å². The Kier molecular flexibility index (Phi) is 6.51. The van der Waals surface area contributed by atoms with Crippen LogP contribution in [0.3, 0.4) is 0 Å². The third-order valence-corrected chi connectivity index (χ3v) is 6.87. The fourth-order valence-electron chi connectivity index (χ4n) is 5.41. The van der Waals surface area contributed by atoms with Crippen LogP contribution in [-0.4, -0.2) is 11.9 Å². The van der Waals surface area contributed by atoms with Crippen LogP contribution in [0.2, 0.25) is 0 Å². The van der Waals surface area contributed by atoms with Crippen molar-refractivity contribution in [2.24, 2.45) is 17.3 Å². The Labute approximate surface area is 178 Å². The summed E-state index contributed by atoms with van der Waals surface area (Å²) < 4.78 is 11.6. The average Bonchev–Trinajstić information content (AvgIpc) is 2.81. The van der Waals surface area contributed by atoms with Gasteiger partial charge in [-0.3, -0.25) is 9.59 Å². The maximum Gasteiger partial charge on any atom is 0.318 e. The minimum Gasteiger partial charge on any atom is -0.426 e. The largest absolute Gasteiger partial charge is 0.426 e. The average molecular weight is 407 g/mol. The second kappa shape index (κ2) is 9.46. The Bertz CT molecular complexity index is 842. The van der Waals surface area contributed by atoms with E-state index in [1.165, 1.54) is 6.42 Å². The van der Waals surface area contributed by atoms with Gasteiger partial charge in [-0.15, -0.1) is 0 Å². The van der Waals surface area contributed by atoms with Crippen molar-refractivity contribution in [2.45, 2.75) is 57.8 Å². The molecule has 0 bridgehead atoms. The van der Waals surface area contributed by atoms with Gasteiger partial charge in [-0.05, 0) is 55.9 Å². The summed E-state index contributed by atoms with van der Waals surface area (Å²) in [6, 6.07) is 18.4. The van der Waals surface area contributed by atoms with E-state index in [9.17, 15) is 9.59 Å². The van der Waals surface area contributed by atoms with Crippen LogP contribution in [0, 0.1) is 17.3 Å². The van der Waals surface area contributed by atoms with Gasteiger partial charge >= 0.3 is 11.9 Å². The number of esters is 2. The van der Waals surface area contributed by atoms with Crippen molar-refractivity contribution < 1.29 is 19.1 Å². The minimum absolute atomic E-state index is 0.163. The number of hydrogen-bond donors (Lipinski definition) is 0. The van der Waals surface area contributed by atoms with Gasteiger partial charge in [0.1, 0.15) is 11.5 Å². The summed E-state index contributed by atoms with van der Waals surface area (Å²) in [6.07, 6.45) is 8.58. The van der Waals surface area contributed by atoms with Crippen LogP contribution >= 0.6 is 0 Å². The van der Waals surface area contributed by atoms with E-state index in [0.717, 1.165) is 38.5 Å². The van der Waals surface area contributed by atoms with Crippen LogP contribution in [0.4, 0.5) is 0 Å². The zero-order chi connectivity index (χ0) is 20.8. The van der Waals surface area contributed by atoms with Gasteiger partial charge in [0, 0.05) is 0 Å². The Hall–Kier alpha value is -2.62. The van der Waals surface area contributed by atoms with E-state index in [1.54, 1.807) is 24.3 Å². The molecule has 0 spiro atoms. The predicted molar refractivity (Wildman–Crippen MR) is 115 cm³/mol. The van der Waals surface area contributed by atoms with Gasteiger partial charge in [-0.25, -0.2) is 0 Å². The van der Waals surface area contributed by atoms with E-state index in [2.05, 4.69) is 0 Å². The van der Waals surface area contributed by atoms with E-state index in [4.69, 9.17) is 9.47 Å². The molecule has 0 amide bonds. The van der Waals surface area contributed by atoms with Crippen LogP contribution in [-0.2, 0) is 9.59 Å². The lowest BCUT2D eigenvalue weighted by Crippen LogP contribution is -2.53. The molecule has 2 unspecified atom stereocenters. The van der Waals surface area contributed by atoms with Crippen LogP contribution in [0.15, 0.2) is 60.7 Å². The summed E-state index contributed by atoms with van der Waals surface area (Å²) in [5.74, 6) is 0.217. The number of ether oxygens (including phenoxy) is 2. The lowest BCUT2D eigenvalue weighted by Gasteiger charge is -2.47. The molecule has 2 aliphatic rings. The first-order valence-electron chi connectivity index (χ1n) is 11.2. The summed E-state index contributed by atoms with van der Waals surface area (Å²) in [5.41, 5.74) is -0.805. The Balaban J connectivity index is 1.66. The van der Waals surface area contributed by atoms with Gasteiger partial charge in [0.25, 0.3) is 0 Å². The highest BCUT2D eigenvalue weighted by atomic mass is 16.5. The highest BCUT2D eigenvalue weighted by Gasteiger charge is 2.56. The Morgan fingerprint density at radius 3 is 1.90 bits per heavy atom. The first-order chi connectivity index (χ1) is 14.7. The smallest absolute Gasteiger partial charge is 0.318 e. The topological polar surface area (TPSA) is 52.6 Å². The zero-order valence-corrected chi connectivity index (χ0v) is 17.4. The van der Waals surface area contributed by atoms with Crippen LogP contribution in [0.5, 0.6) is 11.5 Å². The molecule has 2 aromatic rings. The molecular formula is C26H30O4. The maximum atomic E-state index is 13.7. The van der Waals surface area contributed by atoms with E-state index in [-0.39, 0.29) is 17.9 Å². The van der Waals surface area contributed by atoms with Gasteiger partial charge in [0.15, 0.2) is 0 Å². The molecule has 4 rings (SSSR count). The van der Waals surface area contributed by atoms with Gasteiger partial charge < -0.3 is 9.47 Å². The van der Waals surface area contributed by atoms with Crippen molar-refractivity contribution in [1.29, 1.82) is 0 Å². The van der Waals surface area contributed by atoms with Crippen molar-refractivity contribution >= 4 is 11.9 Å². The van der Waals surface area contributed by atoms with Crippen molar-refractivity contribution in [2.75, 3.05) is 0 Å². The van der Waals surface area contributed by atoms with E-state index in [1.807, 2.05) is 36.4 Å². The first-order valence-corrected chi connectivity index (χ1v) is 11.2. The number of hydrogen-bond acceptors (Lipinski definition) is 4. The standard InChI is InChI=1S/C26H30O4/c27-24(29-21-14-6-2-7-15-21)23-18-10-11-19-26(23,20-12-4-1-5-13-20)25(28)30-22-16-8-3-9-17-22/h2-3,6-9,14-17,20,23H,1,4-5,10-13,18-19H2. The second-order valence-electron chi connectivity index (χ2n) is 8.61. The quantitative estimate of drug-likeness (QED) is 0.454. The second-order valence-corrected chi connectivity index (χ2v) is 8.61. The molecule has 0 radical (unpaired) electrons. The van der Waals surface area contributed by atoms with E-state index < -0.39 is 11.3 Å².